The molecule has 0 saturated heterocycles. The van der Waals surface area contributed by atoms with Crippen LogP contribution in [0.5, 0.6) is 0 Å². The van der Waals surface area contributed by atoms with Gasteiger partial charge in [0.25, 0.3) is 0 Å². The summed E-state index contributed by atoms with van der Waals surface area (Å²) in [4.78, 5) is 0. The van der Waals surface area contributed by atoms with Crippen LogP contribution in [0.2, 0.25) is 0 Å². The van der Waals surface area contributed by atoms with Gasteiger partial charge in [0.1, 0.15) is 5.82 Å². The maximum absolute atomic E-state index is 13.0. The number of thioether (sulfide) groups is 1. The summed E-state index contributed by atoms with van der Waals surface area (Å²) in [6, 6.07) is 6.42. The van der Waals surface area contributed by atoms with E-state index in [1.807, 2.05) is 4.68 Å². The van der Waals surface area contributed by atoms with Crippen LogP contribution >= 0.6 is 11.8 Å². The van der Waals surface area contributed by atoms with Gasteiger partial charge in [-0.15, -0.1) is 10.2 Å². The number of rotatable bonds is 6. The number of hydrogen-bond acceptors (Lipinski definition) is 5. The molecular formula is C15H18FN5S. The molecule has 0 spiro atoms. The first-order valence-corrected chi connectivity index (χ1v) is 8.37. The second kappa shape index (κ2) is 7.02. The number of nitrogens with zero attached hydrogens (tertiary/aromatic N) is 4. The molecule has 0 radical (unpaired) electrons. The van der Waals surface area contributed by atoms with Crippen LogP contribution in [0.3, 0.4) is 0 Å². The lowest BCUT2D eigenvalue weighted by atomic mass is 10.1. The van der Waals surface area contributed by atoms with Crippen molar-refractivity contribution in [2.75, 3.05) is 12.3 Å². The Morgan fingerprint density at radius 2 is 1.95 bits per heavy atom. The molecule has 2 aromatic rings. The Morgan fingerprint density at radius 1 is 1.14 bits per heavy atom. The van der Waals surface area contributed by atoms with Gasteiger partial charge in [0, 0.05) is 12.2 Å². The maximum atomic E-state index is 13.0. The van der Waals surface area contributed by atoms with E-state index in [9.17, 15) is 4.39 Å². The number of nitrogens with two attached hydrogens (primary N) is 1. The molecule has 0 amide bonds. The molecule has 7 heteroatoms. The average Bonchev–Trinajstić information content (AvgIpc) is 2.95. The van der Waals surface area contributed by atoms with Crippen LogP contribution in [0.4, 0.5) is 4.39 Å². The minimum absolute atomic E-state index is 0.238. The van der Waals surface area contributed by atoms with E-state index in [2.05, 4.69) is 15.3 Å². The number of aromatic nitrogens is 3. The standard InChI is InChI=1S/C15H18FN5S/c16-12-7-5-11(6-8-12)13-10-22-15-19-18-14(21(15)20-13)4-2-1-3-9-17/h5-8H,1-4,9-10,17H2. The quantitative estimate of drug-likeness (QED) is 0.830. The van der Waals surface area contributed by atoms with Gasteiger partial charge in [0.2, 0.25) is 5.16 Å². The first-order valence-electron chi connectivity index (χ1n) is 7.39. The van der Waals surface area contributed by atoms with Crippen molar-refractivity contribution < 1.29 is 4.39 Å². The molecule has 5 nitrogen and oxygen atoms in total. The number of fused-ring (bicyclic) bond motifs is 1. The summed E-state index contributed by atoms with van der Waals surface area (Å²) in [6.45, 7) is 0.723. The van der Waals surface area contributed by atoms with Gasteiger partial charge in [-0.25, -0.2) is 4.39 Å². The van der Waals surface area contributed by atoms with E-state index in [0.29, 0.717) is 0 Å². The molecule has 1 aliphatic heterocycles. The summed E-state index contributed by atoms with van der Waals surface area (Å²) in [7, 11) is 0. The summed E-state index contributed by atoms with van der Waals surface area (Å²) >= 11 is 1.61. The van der Waals surface area contributed by atoms with Crippen molar-refractivity contribution in [1.29, 1.82) is 0 Å². The predicted molar refractivity (Wildman–Crippen MR) is 85.7 cm³/mol. The molecule has 0 aliphatic carbocycles. The molecule has 22 heavy (non-hydrogen) atoms. The van der Waals surface area contributed by atoms with Crippen molar-refractivity contribution in [2.45, 2.75) is 30.8 Å². The molecule has 0 fully saturated rings. The highest BCUT2D eigenvalue weighted by molar-refractivity contribution is 7.99. The zero-order valence-electron chi connectivity index (χ0n) is 12.2. The van der Waals surface area contributed by atoms with Crippen LogP contribution in [0.25, 0.3) is 0 Å². The van der Waals surface area contributed by atoms with E-state index in [-0.39, 0.29) is 5.82 Å². The molecule has 3 rings (SSSR count). The minimum atomic E-state index is -0.238. The Morgan fingerprint density at radius 3 is 2.73 bits per heavy atom. The van der Waals surface area contributed by atoms with Crippen LogP contribution < -0.4 is 5.73 Å². The molecule has 2 heterocycles. The molecule has 116 valence electrons. The van der Waals surface area contributed by atoms with Crippen LogP contribution in [0.1, 0.15) is 30.7 Å². The minimum Gasteiger partial charge on any atom is -0.330 e. The molecular weight excluding hydrogens is 301 g/mol. The number of halogens is 1. The summed E-state index contributed by atoms with van der Waals surface area (Å²) in [5.74, 6) is 1.36. The third kappa shape index (κ3) is 3.36. The van der Waals surface area contributed by atoms with Gasteiger partial charge in [0.15, 0.2) is 5.82 Å². The van der Waals surface area contributed by atoms with Crippen molar-refractivity contribution in [3.05, 3.63) is 41.5 Å². The third-order valence-electron chi connectivity index (χ3n) is 3.52. The summed E-state index contributed by atoms with van der Waals surface area (Å²) < 4.78 is 14.8. The van der Waals surface area contributed by atoms with Crippen molar-refractivity contribution in [2.24, 2.45) is 10.8 Å². The summed E-state index contributed by atoms with van der Waals surface area (Å²) in [5.41, 5.74) is 7.36. The van der Waals surface area contributed by atoms with Crippen LogP contribution in [-0.2, 0) is 6.42 Å². The normalized spacial score (nSPS) is 13.8. The predicted octanol–water partition coefficient (Wildman–Crippen LogP) is 2.45. The second-order valence-electron chi connectivity index (χ2n) is 5.15. The van der Waals surface area contributed by atoms with E-state index < -0.39 is 0 Å². The third-order valence-corrected chi connectivity index (χ3v) is 4.45. The molecule has 1 aliphatic rings. The van der Waals surface area contributed by atoms with E-state index in [0.717, 1.165) is 60.2 Å². The smallest absolute Gasteiger partial charge is 0.212 e. The molecule has 0 unspecified atom stereocenters. The Balaban J connectivity index is 1.78. The molecule has 1 aromatic carbocycles. The lowest BCUT2D eigenvalue weighted by Gasteiger charge is -2.13. The van der Waals surface area contributed by atoms with E-state index in [1.165, 1.54) is 12.1 Å². The van der Waals surface area contributed by atoms with Gasteiger partial charge in [-0.05, 0) is 37.1 Å². The van der Waals surface area contributed by atoms with Crippen molar-refractivity contribution in [1.82, 2.24) is 14.9 Å². The van der Waals surface area contributed by atoms with Crippen LogP contribution in [0, 0.1) is 5.82 Å². The Hall–Kier alpha value is -1.73. The van der Waals surface area contributed by atoms with Gasteiger partial charge < -0.3 is 5.73 Å². The van der Waals surface area contributed by atoms with Gasteiger partial charge in [-0.1, -0.05) is 30.3 Å². The lowest BCUT2D eigenvalue weighted by molar-refractivity contribution is 0.627. The Kier molecular flexibility index (Phi) is 4.84. The zero-order valence-corrected chi connectivity index (χ0v) is 13.0. The highest BCUT2D eigenvalue weighted by Crippen LogP contribution is 2.24. The van der Waals surface area contributed by atoms with Crippen LogP contribution in [-0.4, -0.2) is 32.9 Å². The highest BCUT2D eigenvalue weighted by atomic mass is 32.2. The van der Waals surface area contributed by atoms with Crippen molar-refractivity contribution >= 4 is 17.5 Å². The van der Waals surface area contributed by atoms with Crippen molar-refractivity contribution in [3.8, 4) is 0 Å². The summed E-state index contributed by atoms with van der Waals surface area (Å²) in [5, 5.41) is 13.9. The fourth-order valence-corrected chi connectivity index (χ4v) is 3.17. The molecule has 2 N–H and O–H groups in total. The first kappa shape index (κ1) is 15.2. The van der Waals surface area contributed by atoms with Gasteiger partial charge in [-0.2, -0.15) is 9.78 Å². The largest absolute Gasteiger partial charge is 0.330 e. The fraction of sp³-hybridized carbons (Fsp3) is 0.400. The highest BCUT2D eigenvalue weighted by Gasteiger charge is 2.19. The molecule has 0 saturated carbocycles. The number of benzene rings is 1. The topological polar surface area (TPSA) is 69.1 Å². The van der Waals surface area contributed by atoms with E-state index in [4.69, 9.17) is 5.73 Å². The molecule has 1 aromatic heterocycles. The SMILES string of the molecule is NCCCCCc1nnc2n1N=C(c1ccc(F)cc1)CS2. The number of hydrogen-bond donors (Lipinski definition) is 1. The van der Waals surface area contributed by atoms with E-state index in [1.54, 1.807) is 23.9 Å². The number of unbranched alkanes of at least 4 members (excludes halogenated alkanes) is 2. The monoisotopic (exact) mass is 319 g/mol. The van der Waals surface area contributed by atoms with Gasteiger partial charge in [-0.3, -0.25) is 0 Å². The Labute approximate surface area is 132 Å². The zero-order chi connectivity index (χ0) is 15.4. The lowest BCUT2D eigenvalue weighted by Crippen LogP contribution is -2.14. The fourth-order valence-electron chi connectivity index (χ4n) is 2.31. The number of aryl methyl sites for hydroxylation is 1. The van der Waals surface area contributed by atoms with Crippen molar-refractivity contribution in [3.63, 3.8) is 0 Å². The maximum Gasteiger partial charge on any atom is 0.212 e. The Bertz CT molecular complexity index is 665. The summed E-state index contributed by atoms with van der Waals surface area (Å²) in [6.07, 6.45) is 3.98. The van der Waals surface area contributed by atoms with Gasteiger partial charge >= 0.3 is 0 Å². The second-order valence-corrected chi connectivity index (χ2v) is 6.09. The first-order chi connectivity index (χ1) is 10.8. The van der Waals surface area contributed by atoms with E-state index >= 15 is 0 Å². The average molecular weight is 319 g/mol. The molecule has 0 bridgehead atoms. The van der Waals surface area contributed by atoms with Gasteiger partial charge in [0.05, 0.1) is 5.71 Å². The molecule has 0 atom stereocenters. The van der Waals surface area contributed by atoms with Crippen LogP contribution in [0.15, 0.2) is 34.5 Å².